The van der Waals surface area contributed by atoms with E-state index in [1.165, 1.54) is 19.3 Å². The molecule has 1 unspecified atom stereocenters. The smallest absolute Gasteiger partial charge is 0.407 e. The van der Waals surface area contributed by atoms with E-state index >= 15 is 0 Å². The zero-order valence-electron chi connectivity index (χ0n) is 8.12. The molecule has 0 aromatic rings. The Balaban J connectivity index is 2.15. The van der Waals surface area contributed by atoms with Gasteiger partial charge >= 0.3 is 6.09 Å². The van der Waals surface area contributed by atoms with Crippen LogP contribution >= 0.6 is 0 Å². The van der Waals surface area contributed by atoms with Gasteiger partial charge in [-0.2, -0.15) is 0 Å². The first-order valence-corrected chi connectivity index (χ1v) is 5.15. The maximum Gasteiger partial charge on any atom is 0.407 e. The second-order valence-corrected chi connectivity index (χ2v) is 4.52. The lowest BCUT2D eigenvalue weighted by atomic mass is 9.84. The van der Waals surface area contributed by atoms with Crippen molar-refractivity contribution in [2.45, 2.75) is 44.6 Å². The van der Waals surface area contributed by atoms with Crippen molar-refractivity contribution in [1.82, 2.24) is 4.90 Å². The van der Waals surface area contributed by atoms with Gasteiger partial charge in [0.1, 0.15) is 0 Å². The SMILES string of the molecule is CC1(C2CC2)CCCCN1C(=O)O. The van der Waals surface area contributed by atoms with E-state index in [1.54, 1.807) is 4.90 Å². The summed E-state index contributed by atoms with van der Waals surface area (Å²) in [5, 5.41) is 9.08. The minimum Gasteiger partial charge on any atom is -0.465 e. The minimum absolute atomic E-state index is 0.0376. The molecule has 3 heteroatoms. The third-order valence-corrected chi connectivity index (χ3v) is 3.62. The van der Waals surface area contributed by atoms with Gasteiger partial charge in [-0.25, -0.2) is 4.79 Å². The molecule has 1 saturated carbocycles. The number of likely N-dealkylation sites (tertiary alicyclic amines) is 1. The van der Waals surface area contributed by atoms with Crippen molar-refractivity contribution in [1.29, 1.82) is 0 Å². The average Bonchev–Trinajstić information content (AvgIpc) is 2.86. The molecule has 2 aliphatic rings. The molecule has 0 spiro atoms. The number of rotatable bonds is 1. The highest BCUT2D eigenvalue weighted by Gasteiger charge is 2.48. The van der Waals surface area contributed by atoms with Crippen molar-refractivity contribution in [2.75, 3.05) is 6.54 Å². The van der Waals surface area contributed by atoms with Crippen LogP contribution in [0.4, 0.5) is 4.79 Å². The first-order chi connectivity index (χ1) is 6.14. The topological polar surface area (TPSA) is 40.5 Å². The molecule has 1 aliphatic carbocycles. The Kier molecular flexibility index (Phi) is 1.97. The zero-order chi connectivity index (χ0) is 9.47. The van der Waals surface area contributed by atoms with Crippen molar-refractivity contribution >= 4 is 6.09 Å². The van der Waals surface area contributed by atoms with E-state index < -0.39 is 6.09 Å². The number of hydrogen-bond donors (Lipinski definition) is 1. The molecule has 1 amide bonds. The summed E-state index contributed by atoms with van der Waals surface area (Å²) in [6, 6.07) is 0. The summed E-state index contributed by atoms with van der Waals surface area (Å²) in [5.41, 5.74) is -0.0376. The maximum absolute atomic E-state index is 11.0. The number of piperidine rings is 1. The van der Waals surface area contributed by atoms with Crippen LogP contribution in [0.3, 0.4) is 0 Å². The van der Waals surface area contributed by atoms with Gasteiger partial charge in [-0.3, -0.25) is 0 Å². The van der Waals surface area contributed by atoms with Gasteiger partial charge in [-0.15, -0.1) is 0 Å². The van der Waals surface area contributed by atoms with Crippen LogP contribution < -0.4 is 0 Å². The third kappa shape index (κ3) is 1.40. The van der Waals surface area contributed by atoms with Crippen LogP contribution in [0.15, 0.2) is 0 Å². The van der Waals surface area contributed by atoms with Gasteiger partial charge in [-0.1, -0.05) is 0 Å². The molecule has 1 saturated heterocycles. The Bertz CT molecular complexity index is 225. The predicted molar refractivity (Wildman–Crippen MR) is 49.7 cm³/mol. The highest BCUT2D eigenvalue weighted by atomic mass is 16.4. The largest absolute Gasteiger partial charge is 0.465 e. The van der Waals surface area contributed by atoms with Crippen LogP contribution in [-0.2, 0) is 0 Å². The number of carboxylic acid groups (broad SMARTS) is 1. The average molecular weight is 183 g/mol. The summed E-state index contributed by atoms with van der Waals surface area (Å²) in [7, 11) is 0. The van der Waals surface area contributed by atoms with Crippen molar-refractivity contribution in [3.05, 3.63) is 0 Å². The fourth-order valence-electron chi connectivity index (χ4n) is 2.59. The Morgan fingerprint density at radius 3 is 2.69 bits per heavy atom. The Morgan fingerprint density at radius 1 is 1.46 bits per heavy atom. The van der Waals surface area contributed by atoms with Gasteiger partial charge in [-0.05, 0) is 44.9 Å². The van der Waals surface area contributed by atoms with E-state index in [9.17, 15) is 4.79 Å². The lowest BCUT2D eigenvalue weighted by Crippen LogP contribution is -2.53. The van der Waals surface area contributed by atoms with Crippen molar-refractivity contribution < 1.29 is 9.90 Å². The second kappa shape index (κ2) is 2.89. The summed E-state index contributed by atoms with van der Waals surface area (Å²) >= 11 is 0. The molecule has 2 rings (SSSR count). The molecule has 1 N–H and O–H groups in total. The predicted octanol–water partition coefficient (Wildman–Crippen LogP) is 2.32. The summed E-state index contributed by atoms with van der Waals surface area (Å²) in [5.74, 6) is 0.642. The summed E-state index contributed by atoms with van der Waals surface area (Å²) in [6.07, 6.45) is 5.00. The van der Waals surface area contributed by atoms with E-state index in [4.69, 9.17) is 5.11 Å². The fraction of sp³-hybridized carbons (Fsp3) is 0.900. The second-order valence-electron chi connectivity index (χ2n) is 4.52. The van der Waals surface area contributed by atoms with Crippen molar-refractivity contribution in [2.24, 2.45) is 5.92 Å². The van der Waals surface area contributed by atoms with Crippen LogP contribution in [0, 0.1) is 5.92 Å². The molecule has 0 aromatic carbocycles. The molecule has 2 fully saturated rings. The number of hydrogen-bond acceptors (Lipinski definition) is 1. The highest BCUT2D eigenvalue weighted by Crippen LogP contribution is 2.47. The van der Waals surface area contributed by atoms with Crippen LogP contribution in [0.1, 0.15) is 39.0 Å². The van der Waals surface area contributed by atoms with Crippen LogP contribution in [0.25, 0.3) is 0 Å². The van der Waals surface area contributed by atoms with Crippen LogP contribution in [-0.4, -0.2) is 28.2 Å². The van der Waals surface area contributed by atoms with Crippen LogP contribution in [0.5, 0.6) is 0 Å². The zero-order valence-corrected chi connectivity index (χ0v) is 8.12. The number of amides is 1. The van der Waals surface area contributed by atoms with Gasteiger partial charge in [0, 0.05) is 12.1 Å². The molecule has 1 heterocycles. The third-order valence-electron chi connectivity index (χ3n) is 3.62. The first-order valence-electron chi connectivity index (χ1n) is 5.15. The van der Waals surface area contributed by atoms with Crippen LogP contribution in [0.2, 0.25) is 0 Å². The molecule has 0 radical (unpaired) electrons. The molecular weight excluding hydrogens is 166 g/mol. The summed E-state index contributed by atoms with van der Waals surface area (Å²) in [4.78, 5) is 12.7. The van der Waals surface area contributed by atoms with E-state index in [2.05, 4.69) is 6.92 Å². The Labute approximate surface area is 78.7 Å². The molecule has 1 atom stereocenters. The van der Waals surface area contributed by atoms with Gasteiger partial charge in [0.25, 0.3) is 0 Å². The van der Waals surface area contributed by atoms with Crippen molar-refractivity contribution in [3.8, 4) is 0 Å². The molecule has 0 aromatic heterocycles. The molecule has 0 bridgehead atoms. The maximum atomic E-state index is 11.0. The van der Waals surface area contributed by atoms with E-state index in [0.717, 1.165) is 19.4 Å². The van der Waals surface area contributed by atoms with E-state index in [1.807, 2.05) is 0 Å². The van der Waals surface area contributed by atoms with Gasteiger partial charge in [0.05, 0.1) is 0 Å². The molecule has 74 valence electrons. The van der Waals surface area contributed by atoms with Crippen molar-refractivity contribution in [3.63, 3.8) is 0 Å². The number of carbonyl (C=O) groups is 1. The summed E-state index contributed by atoms with van der Waals surface area (Å²) < 4.78 is 0. The highest BCUT2D eigenvalue weighted by molar-refractivity contribution is 5.66. The fourth-order valence-corrected chi connectivity index (χ4v) is 2.59. The van der Waals surface area contributed by atoms with Gasteiger partial charge in [0.2, 0.25) is 0 Å². The molecule has 1 aliphatic heterocycles. The lowest BCUT2D eigenvalue weighted by molar-refractivity contribution is 0.0442. The quantitative estimate of drug-likeness (QED) is 0.677. The minimum atomic E-state index is -0.728. The lowest BCUT2D eigenvalue weighted by Gasteiger charge is -2.43. The Hall–Kier alpha value is -0.730. The number of nitrogens with zero attached hydrogens (tertiary/aromatic N) is 1. The summed E-state index contributed by atoms with van der Waals surface area (Å²) in [6.45, 7) is 2.86. The standard InChI is InChI=1S/C10H17NO2/c1-10(8-4-5-8)6-2-3-7-11(10)9(12)13/h8H,2-7H2,1H3,(H,12,13). The molecule has 13 heavy (non-hydrogen) atoms. The van der Waals surface area contributed by atoms with E-state index in [-0.39, 0.29) is 5.54 Å². The van der Waals surface area contributed by atoms with Gasteiger partial charge in [0.15, 0.2) is 0 Å². The van der Waals surface area contributed by atoms with Gasteiger partial charge < -0.3 is 10.0 Å². The normalized spacial score (nSPS) is 34.7. The monoisotopic (exact) mass is 183 g/mol. The molecule has 3 nitrogen and oxygen atoms in total. The molecular formula is C10H17NO2. The Morgan fingerprint density at radius 2 is 2.15 bits per heavy atom. The van der Waals surface area contributed by atoms with E-state index in [0.29, 0.717) is 5.92 Å². The first kappa shape index (κ1) is 8.85.